The average molecular weight is 359 g/mol. The van der Waals surface area contributed by atoms with Crippen LogP contribution in [0.5, 0.6) is 0 Å². The summed E-state index contributed by atoms with van der Waals surface area (Å²) in [5.41, 5.74) is 7.78. The number of benzene rings is 1. The molecule has 0 aliphatic carbocycles. The molecule has 0 atom stereocenters. The molecular weight excluding hydrogens is 336 g/mol. The molecule has 2 aromatic rings. The van der Waals surface area contributed by atoms with Gasteiger partial charge in [0.15, 0.2) is 0 Å². The van der Waals surface area contributed by atoms with E-state index >= 15 is 0 Å². The lowest BCUT2D eigenvalue weighted by Crippen LogP contribution is -2.35. The topological polar surface area (TPSA) is 71.2 Å². The number of amides is 1. The van der Waals surface area contributed by atoms with Gasteiger partial charge in [-0.1, -0.05) is 29.8 Å². The van der Waals surface area contributed by atoms with Gasteiger partial charge in [-0.3, -0.25) is 14.7 Å². The minimum atomic E-state index is -0.454. The number of hydrogen-bond donors (Lipinski definition) is 2. The van der Waals surface area contributed by atoms with Crippen molar-refractivity contribution in [2.45, 2.75) is 19.4 Å². The number of nitrogens with one attached hydrogen (secondary N) is 1. The third-order valence-corrected chi connectivity index (χ3v) is 5.10. The van der Waals surface area contributed by atoms with Crippen molar-refractivity contribution < 1.29 is 4.79 Å². The summed E-state index contributed by atoms with van der Waals surface area (Å²) in [6.07, 6.45) is 5.42. The SMILES string of the molecule is NC(=O)c1cnccc1NCC1CCN(Cc2ccccc2Cl)CC1. The summed E-state index contributed by atoms with van der Waals surface area (Å²) in [7, 11) is 0. The molecule has 1 aromatic carbocycles. The minimum absolute atomic E-state index is 0.443. The largest absolute Gasteiger partial charge is 0.384 e. The number of carbonyl (C=O) groups is 1. The molecule has 0 spiro atoms. The van der Waals surface area contributed by atoms with Gasteiger partial charge in [0.05, 0.1) is 11.3 Å². The van der Waals surface area contributed by atoms with Gasteiger partial charge in [0.25, 0.3) is 5.91 Å². The van der Waals surface area contributed by atoms with Crippen LogP contribution in [0.1, 0.15) is 28.8 Å². The first-order valence-corrected chi connectivity index (χ1v) is 8.94. The number of nitrogens with two attached hydrogens (primary N) is 1. The molecule has 0 unspecified atom stereocenters. The lowest BCUT2D eigenvalue weighted by atomic mass is 9.96. The van der Waals surface area contributed by atoms with E-state index in [0.29, 0.717) is 11.5 Å². The molecule has 25 heavy (non-hydrogen) atoms. The van der Waals surface area contributed by atoms with Crippen molar-refractivity contribution in [2.75, 3.05) is 25.0 Å². The van der Waals surface area contributed by atoms with E-state index in [2.05, 4.69) is 21.3 Å². The molecule has 2 heterocycles. The number of nitrogens with zero attached hydrogens (tertiary/aromatic N) is 2. The number of carbonyl (C=O) groups excluding carboxylic acids is 1. The fraction of sp³-hybridized carbons (Fsp3) is 0.368. The predicted octanol–water partition coefficient (Wildman–Crippen LogP) is 3.16. The highest BCUT2D eigenvalue weighted by Crippen LogP contribution is 2.23. The maximum Gasteiger partial charge on any atom is 0.252 e. The number of halogens is 1. The lowest BCUT2D eigenvalue weighted by molar-refractivity contribution is 0.100. The number of primary amides is 1. The molecule has 3 N–H and O–H groups in total. The van der Waals surface area contributed by atoms with Crippen molar-refractivity contribution in [3.8, 4) is 0 Å². The second-order valence-corrected chi connectivity index (χ2v) is 6.88. The van der Waals surface area contributed by atoms with Gasteiger partial charge in [-0.05, 0) is 49.5 Å². The van der Waals surface area contributed by atoms with Gasteiger partial charge >= 0.3 is 0 Å². The summed E-state index contributed by atoms with van der Waals surface area (Å²) in [6.45, 7) is 3.84. The van der Waals surface area contributed by atoms with Crippen LogP contribution in [0.25, 0.3) is 0 Å². The summed E-state index contributed by atoms with van der Waals surface area (Å²) in [5, 5.41) is 4.19. The van der Waals surface area contributed by atoms with Gasteiger partial charge < -0.3 is 11.1 Å². The predicted molar refractivity (Wildman–Crippen MR) is 101 cm³/mol. The van der Waals surface area contributed by atoms with Crippen LogP contribution in [0.3, 0.4) is 0 Å². The molecule has 0 bridgehead atoms. The normalized spacial score (nSPS) is 15.9. The molecule has 0 radical (unpaired) electrons. The van der Waals surface area contributed by atoms with E-state index in [1.54, 1.807) is 12.3 Å². The second kappa shape index (κ2) is 8.32. The number of pyridine rings is 1. The van der Waals surface area contributed by atoms with Crippen molar-refractivity contribution in [3.05, 3.63) is 58.9 Å². The van der Waals surface area contributed by atoms with E-state index in [0.717, 1.165) is 49.7 Å². The smallest absolute Gasteiger partial charge is 0.252 e. The quantitative estimate of drug-likeness (QED) is 0.832. The Hall–Kier alpha value is -2.11. The number of likely N-dealkylation sites (tertiary alicyclic amines) is 1. The van der Waals surface area contributed by atoms with E-state index in [1.807, 2.05) is 18.2 Å². The number of rotatable bonds is 6. The average Bonchev–Trinajstić information content (AvgIpc) is 2.63. The number of hydrogen-bond acceptors (Lipinski definition) is 4. The second-order valence-electron chi connectivity index (χ2n) is 6.48. The van der Waals surface area contributed by atoms with Gasteiger partial charge in [0.1, 0.15) is 0 Å². The van der Waals surface area contributed by atoms with Crippen molar-refractivity contribution in [2.24, 2.45) is 11.7 Å². The summed E-state index contributed by atoms with van der Waals surface area (Å²) in [4.78, 5) is 17.8. The maximum absolute atomic E-state index is 11.4. The summed E-state index contributed by atoms with van der Waals surface area (Å²) < 4.78 is 0. The van der Waals surface area contributed by atoms with Crippen LogP contribution in [-0.2, 0) is 6.54 Å². The van der Waals surface area contributed by atoms with Gasteiger partial charge in [-0.25, -0.2) is 0 Å². The highest BCUT2D eigenvalue weighted by Gasteiger charge is 2.20. The van der Waals surface area contributed by atoms with Crippen LogP contribution in [0.4, 0.5) is 5.69 Å². The standard InChI is InChI=1S/C19H23ClN4O/c20-17-4-2-1-3-15(17)13-24-9-6-14(7-10-24)11-23-18-5-8-22-12-16(18)19(21)25/h1-5,8,12,14H,6-7,9-11,13H2,(H2,21,25)(H,22,23). The van der Waals surface area contributed by atoms with Crippen molar-refractivity contribution in [1.29, 1.82) is 0 Å². The maximum atomic E-state index is 11.4. The van der Waals surface area contributed by atoms with Crippen molar-refractivity contribution >= 4 is 23.2 Å². The Labute approximate surface area is 153 Å². The van der Waals surface area contributed by atoms with Gasteiger partial charge in [0.2, 0.25) is 0 Å². The zero-order chi connectivity index (χ0) is 17.6. The number of anilines is 1. The van der Waals surface area contributed by atoms with Crippen LogP contribution in [0, 0.1) is 5.92 Å². The van der Waals surface area contributed by atoms with Crippen LogP contribution in [0.15, 0.2) is 42.7 Å². The monoisotopic (exact) mass is 358 g/mol. The fourth-order valence-electron chi connectivity index (χ4n) is 3.22. The highest BCUT2D eigenvalue weighted by molar-refractivity contribution is 6.31. The highest BCUT2D eigenvalue weighted by atomic mass is 35.5. The Kier molecular flexibility index (Phi) is 5.89. The first-order valence-electron chi connectivity index (χ1n) is 8.57. The number of piperidine rings is 1. The Morgan fingerprint density at radius 1 is 1.28 bits per heavy atom. The van der Waals surface area contributed by atoms with Crippen LogP contribution < -0.4 is 11.1 Å². The third-order valence-electron chi connectivity index (χ3n) is 4.73. The fourth-order valence-corrected chi connectivity index (χ4v) is 3.41. The third kappa shape index (κ3) is 4.71. The molecule has 0 saturated carbocycles. The van der Waals surface area contributed by atoms with Crippen LogP contribution >= 0.6 is 11.6 Å². The lowest BCUT2D eigenvalue weighted by Gasteiger charge is -2.32. The summed E-state index contributed by atoms with van der Waals surface area (Å²) >= 11 is 6.25. The molecule has 1 aliphatic heterocycles. The molecular formula is C19H23ClN4O. The first kappa shape index (κ1) is 17.7. The van der Waals surface area contributed by atoms with E-state index < -0.39 is 5.91 Å². The molecule has 1 aliphatic rings. The zero-order valence-electron chi connectivity index (χ0n) is 14.1. The van der Waals surface area contributed by atoms with Gasteiger partial charge in [-0.2, -0.15) is 0 Å². The Morgan fingerprint density at radius 2 is 2.04 bits per heavy atom. The van der Waals surface area contributed by atoms with E-state index in [9.17, 15) is 4.79 Å². The van der Waals surface area contributed by atoms with Crippen LogP contribution in [0.2, 0.25) is 5.02 Å². The summed E-state index contributed by atoms with van der Waals surface area (Å²) in [5.74, 6) is 0.126. The number of aromatic nitrogens is 1. The van der Waals surface area contributed by atoms with Crippen molar-refractivity contribution in [3.63, 3.8) is 0 Å². The van der Waals surface area contributed by atoms with Gasteiger partial charge in [-0.15, -0.1) is 0 Å². The van der Waals surface area contributed by atoms with E-state index in [4.69, 9.17) is 17.3 Å². The molecule has 1 amide bonds. The Balaban J connectivity index is 1.49. The molecule has 1 fully saturated rings. The molecule has 3 rings (SSSR count). The van der Waals surface area contributed by atoms with Crippen LogP contribution in [-0.4, -0.2) is 35.4 Å². The molecule has 5 nitrogen and oxygen atoms in total. The minimum Gasteiger partial charge on any atom is -0.384 e. The molecule has 132 valence electrons. The zero-order valence-corrected chi connectivity index (χ0v) is 14.9. The molecule has 6 heteroatoms. The molecule has 1 aromatic heterocycles. The first-order chi connectivity index (χ1) is 12.1. The molecule has 1 saturated heterocycles. The van der Waals surface area contributed by atoms with E-state index in [-0.39, 0.29) is 0 Å². The van der Waals surface area contributed by atoms with Crippen molar-refractivity contribution in [1.82, 2.24) is 9.88 Å². The Morgan fingerprint density at radius 3 is 2.76 bits per heavy atom. The summed E-state index contributed by atoms with van der Waals surface area (Å²) in [6, 6.07) is 9.82. The van der Waals surface area contributed by atoms with Gasteiger partial charge in [0, 0.05) is 30.5 Å². The van der Waals surface area contributed by atoms with E-state index in [1.165, 1.54) is 11.8 Å². The Bertz CT molecular complexity index is 729.